The van der Waals surface area contributed by atoms with Gasteiger partial charge in [0.25, 0.3) is 0 Å². The van der Waals surface area contributed by atoms with Crippen LogP contribution in [0.4, 0.5) is 0 Å². The minimum atomic E-state index is -0.272. The third kappa shape index (κ3) is 23.8. The van der Waals surface area contributed by atoms with Gasteiger partial charge in [0.1, 0.15) is 0 Å². The summed E-state index contributed by atoms with van der Waals surface area (Å²) in [6.45, 7) is 7.65. The van der Waals surface area contributed by atoms with Crippen molar-refractivity contribution >= 4 is 0 Å². The zero-order valence-electron chi connectivity index (χ0n) is 29.1. The summed E-state index contributed by atoms with van der Waals surface area (Å²) in [7, 11) is 0. The molecule has 0 N–H and O–H groups in total. The summed E-state index contributed by atoms with van der Waals surface area (Å²) in [5.74, 6) is -0.272. The molecule has 2 unspecified atom stereocenters. The number of hydrogen-bond acceptors (Lipinski definition) is 2. The predicted molar refractivity (Wildman–Crippen MR) is 187 cm³/mol. The van der Waals surface area contributed by atoms with E-state index >= 15 is 0 Å². The molecule has 42 heavy (non-hydrogen) atoms. The van der Waals surface area contributed by atoms with E-state index in [2.05, 4.69) is 45.1 Å². The van der Waals surface area contributed by atoms with Gasteiger partial charge in [-0.3, -0.25) is 0 Å². The first-order valence-corrected chi connectivity index (χ1v) is 19.4. The van der Waals surface area contributed by atoms with Crippen LogP contribution in [0.1, 0.15) is 213 Å². The smallest absolute Gasteiger partial charge is 0.168 e. The van der Waals surface area contributed by atoms with E-state index in [1.807, 2.05) is 0 Å². The van der Waals surface area contributed by atoms with Crippen LogP contribution >= 0.6 is 0 Å². The summed E-state index contributed by atoms with van der Waals surface area (Å²) in [6, 6.07) is 0. The van der Waals surface area contributed by atoms with Crippen LogP contribution in [0.3, 0.4) is 0 Å². The molecule has 0 aromatic heterocycles. The topological polar surface area (TPSA) is 18.5 Å². The van der Waals surface area contributed by atoms with E-state index in [-0.39, 0.29) is 5.79 Å². The molecule has 1 heterocycles. The SMILES string of the molecule is CCCCC/C=C\C/C=C\CCCCCCCCC1(CCCCCCCCCCCCCCCC)OCC(CCC)O1. The minimum absolute atomic E-state index is 0.272. The summed E-state index contributed by atoms with van der Waals surface area (Å²) < 4.78 is 13.0. The molecule has 1 aliphatic rings. The molecule has 1 fully saturated rings. The first-order chi connectivity index (χ1) is 20.8. The molecule has 0 aromatic carbocycles. The van der Waals surface area contributed by atoms with Crippen LogP contribution in [0.5, 0.6) is 0 Å². The van der Waals surface area contributed by atoms with Crippen LogP contribution in [-0.4, -0.2) is 18.5 Å². The van der Waals surface area contributed by atoms with Crippen molar-refractivity contribution in [3.05, 3.63) is 24.3 Å². The highest BCUT2D eigenvalue weighted by atomic mass is 16.7. The minimum Gasteiger partial charge on any atom is -0.347 e. The van der Waals surface area contributed by atoms with Gasteiger partial charge in [0.05, 0.1) is 12.7 Å². The molecule has 0 spiro atoms. The Kier molecular flexibility index (Phi) is 28.6. The lowest BCUT2D eigenvalue weighted by Gasteiger charge is -2.28. The van der Waals surface area contributed by atoms with Gasteiger partial charge >= 0.3 is 0 Å². The molecular weight excluding hydrogens is 512 g/mol. The van der Waals surface area contributed by atoms with Gasteiger partial charge in [-0.05, 0) is 51.4 Å². The Bertz CT molecular complexity index is 596. The van der Waals surface area contributed by atoms with Crippen LogP contribution in [0.15, 0.2) is 24.3 Å². The van der Waals surface area contributed by atoms with Crippen molar-refractivity contribution in [2.75, 3.05) is 6.61 Å². The van der Waals surface area contributed by atoms with E-state index in [1.54, 1.807) is 0 Å². The number of ether oxygens (including phenoxy) is 2. The van der Waals surface area contributed by atoms with E-state index in [4.69, 9.17) is 9.47 Å². The van der Waals surface area contributed by atoms with Crippen molar-refractivity contribution in [3.63, 3.8) is 0 Å². The van der Waals surface area contributed by atoms with Crippen molar-refractivity contribution in [1.29, 1.82) is 0 Å². The molecule has 0 aromatic rings. The van der Waals surface area contributed by atoms with Crippen molar-refractivity contribution in [1.82, 2.24) is 0 Å². The van der Waals surface area contributed by atoms with E-state index < -0.39 is 0 Å². The van der Waals surface area contributed by atoms with E-state index in [0.717, 1.165) is 32.3 Å². The molecular formula is C40H76O2. The normalized spacial score (nSPS) is 19.2. The monoisotopic (exact) mass is 589 g/mol. The Hall–Kier alpha value is -0.600. The zero-order chi connectivity index (χ0) is 30.2. The largest absolute Gasteiger partial charge is 0.347 e. The zero-order valence-corrected chi connectivity index (χ0v) is 29.1. The van der Waals surface area contributed by atoms with Gasteiger partial charge in [-0.15, -0.1) is 0 Å². The first-order valence-electron chi connectivity index (χ1n) is 19.4. The van der Waals surface area contributed by atoms with Crippen LogP contribution in [0, 0.1) is 0 Å². The molecule has 0 radical (unpaired) electrons. The second-order valence-corrected chi connectivity index (χ2v) is 13.4. The van der Waals surface area contributed by atoms with Gasteiger partial charge in [0.15, 0.2) is 5.79 Å². The highest BCUT2D eigenvalue weighted by Gasteiger charge is 2.39. The maximum atomic E-state index is 6.59. The maximum Gasteiger partial charge on any atom is 0.168 e. The van der Waals surface area contributed by atoms with Crippen LogP contribution < -0.4 is 0 Å². The van der Waals surface area contributed by atoms with Gasteiger partial charge in [-0.2, -0.15) is 0 Å². The Morgan fingerprint density at radius 2 is 0.881 bits per heavy atom. The molecule has 0 saturated carbocycles. The fraction of sp³-hybridized carbons (Fsp3) is 0.900. The van der Waals surface area contributed by atoms with Gasteiger partial charge in [-0.25, -0.2) is 0 Å². The van der Waals surface area contributed by atoms with E-state index in [0.29, 0.717) is 6.10 Å². The van der Waals surface area contributed by atoms with Crippen LogP contribution in [-0.2, 0) is 9.47 Å². The number of allylic oxidation sites excluding steroid dienone is 4. The van der Waals surface area contributed by atoms with E-state index in [1.165, 1.54) is 167 Å². The molecule has 1 saturated heterocycles. The Balaban J connectivity index is 2.06. The fourth-order valence-corrected chi connectivity index (χ4v) is 6.44. The second-order valence-electron chi connectivity index (χ2n) is 13.4. The summed E-state index contributed by atoms with van der Waals surface area (Å²) in [5.41, 5.74) is 0. The van der Waals surface area contributed by atoms with Crippen LogP contribution in [0.25, 0.3) is 0 Å². The highest BCUT2D eigenvalue weighted by Crippen LogP contribution is 2.36. The van der Waals surface area contributed by atoms with Crippen molar-refractivity contribution < 1.29 is 9.47 Å². The lowest BCUT2D eigenvalue weighted by atomic mass is 9.98. The molecule has 0 aliphatic carbocycles. The predicted octanol–water partition coefficient (Wildman–Crippen LogP) is 14.0. The molecule has 2 atom stereocenters. The summed E-state index contributed by atoms with van der Waals surface area (Å²) in [6.07, 6.45) is 49.7. The molecule has 0 bridgehead atoms. The third-order valence-corrected chi connectivity index (χ3v) is 9.19. The number of rotatable bonds is 32. The Morgan fingerprint density at radius 3 is 1.36 bits per heavy atom. The Morgan fingerprint density at radius 1 is 0.476 bits per heavy atom. The number of unbranched alkanes of at least 4 members (excludes halogenated alkanes) is 22. The Labute approximate surface area is 265 Å². The molecule has 248 valence electrons. The number of hydrogen-bond donors (Lipinski definition) is 0. The maximum absolute atomic E-state index is 6.59. The summed E-state index contributed by atoms with van der Waals surface area (Å²) in [5, 5.41) is 0. The molecule has 1 rings (SSSR count). The van der Waals surface area contributed by atoms with Crippen molar-refractivity contribution in [3.8, 4) is 0 Å². The highest BCUT2D eigenvalue weighted by molar-refractivity contribution is 4.92. The lowest BCUT2D eigenvalue weighted by molar-refractivity contribution is -0.180. The summed E-state index contributed by atoms with van der Waals surface area (Å²) in [4.78, 5) is 0. The molecule has 2 heteroatoms. The average Bonchev–Trinajstić information content (AvgIpc) is 3.40. The standard InChI is InChI=1S/C40H76O2/c1-4-7-9-11-13-15-17-19-21-22-24-26-28-30-32-34-37-40(41-38-39(42-40)35-6-3)36-33-31-29-27-25-23-20-18-16-14-12-10-8-5-2/h13,15,19,21,39H,4-12,14,16-18,20,22-38H2,1-3H3/b15-13-,21-19-. The quantitative estimate of drug-likeness (QED) is 0.0575. The summed E-state index contributed by atoms with van der Waals surface area (Å²) >= 11 is 0. The lowest BCUT2D eigenvalue weighted by Crippen LogP contribution is -2.31. The van der Waals surface area contributed by atoms with Crippen molar-refractivity contribution in [2.24, 2.45) is 0 Å². The second kappa shape index (κ2) is 30.4. The first kappa shape index (κ1) is 39.4. The van der Waals surface area contributed by atoms with E-state index in [9.17, 15) is 0 Å². The van der Waals surface area contributed by atoms with Crippen molar-refractivity contribution in [2.45, 2.75) is 225 Å². The molecule has 0 amide bonds. The fourth-order valence-electron chi connectivity index (χ4n) is 6.44. The van der Waals surface area contributed by atoms with Gasteiger partial charge in [-0.1, -0.05) is 173 Å². The van der Waals surface area contributed by atoms with Gasteiger partial charge < -0.3 is 9.47 Å². The molecule has 1 aliphatic heterocycles. The third-order valence-electron chi connectivity index (χ3n) is 9.19. The van der Waals surface area contributed by atoms with Crippen LogP contribution in [0.2, 0.25) is 0 Å². The van der Waals surface area contributed by atoms with Gasteiger partial charge in [0.2, 0.25) is 0 Å². The van der Waals surface area contributed by atoms with Gasteiger partial charge in [0, 0.05) is 12.8 Å². The average molecular weight is 589 g/mol. The molecule has 2 nitrogen and oxygen atoms in total.